The SMILES string of the molecule is Cc1ccc(NC(=S)NCC2(c3ccccc3)CCOCC2)nc1. The molecule has 5 heteroatoms. The molecule has 0 atom stereocenters. The summed E-state index contributed by atoms with van der Waals surface area (Å²) in [4.78, 5) is 4.33. The molecule has 126 valence electrons. The normalized spacial score (nSPS) is 16.4. The van der Waals surface area contributed by atoms with Gasteiger partial charge in [-0.25, -0.2) is 4.98 Å². The van der Waals surface area contributed by atoms with Crippen LogP contribution in [-0.2, 0) is 10.2 Å². The minimum Gasteiger partial charge on any atom is -0.381 e. The molecule has 24 heavy (non-hydrogen) atoms. The van der Waals surface area contributed by atoms with Crippen LogP contribution < -0.4 is 10.6 Å². The van der Waals surface area contributed by atoms with E-state index < -0.39 is 0 Å². The molecule has 1 aliphatic heterocycles. The number of thiocarbonyl (C=S) groups is 1. The number of ether oxygens (including phenoxy) is 1. The van der Waals surface area contributed by atoms with Crippen molar-refractivity contribution in [3.05, 3.63) is 59.8 Å². The van der Waals surface area contributed by atoms with Crippen LogP contribution in [-0.4, -0.2) is 29.9 Å². The van der Waals surface area contributed by atoms with E-state index in [-0.39, 0.29) is 5.41 Å². The molecule has 0 radical (unpaired) electrons. The van der Waals surface area contributed by atoms with Gasteiger partial charge in [0.25, 0.3) is 0 Å². The van der Waals surface area contributed by atoms with Crippen LogP contribution in [0.4, 0.5) is 5.82 Å². The molecule has 0 saturated carbocycles. The highest BCUT2D eigenvalue weighted by Gasteiger charge is 2.34. The van der Waals surface area contributed by atoms with Crippen LogP contribution in [0.3, 0.4) is 0 Å². The van der Waals surface area contributed by atoms with Crippen molar-refractivity contribution in [2.45, 2.75) is 25.2 Å². The molecule has 0 unspecified atom stereocenters. The minimum atomic E-state index is 0.0615. The van der Waals surface area contributed by atoms with Gasteiger partial charge in [0.2, 0.25) is 0 Å². The molecule has 2 heterocycles. The summed E-state index contributed by atoms with van der Waals surface area (Å²) in [5, 5.41) is 7.14. The van der Waals surface area contributed by atoms with E-state index in [2.05, 4.69) is 45.9 Å². The van der Waals surface area contributed by atoms with Gasteiger partial charge in [0.05, 0.1) is 0 Å². The molecule has 1 aromatic carbocycles. The summed E-state index contributed by atoms with van der Waals surface area (Å²) in [6.45, 7) is 4.38. The third-order valence-electron chi connectivity index (χ3n) is 4.58. The fraction of sp³-hybridized carbons (Fsp3) is 0.368. The Morgan fingerprint density at radius 1 is 1.17 bits per heavy atom. The Labute approximate surface area is 148 Å². The molecule has 1 saturated heterocycles. The van der Waals surface area contributed by atoms with Crippen LogP contribution >= 0.6 is 12.2 Å². The fourth-order valence-corrected chi connectivity index (χ4v) is 3.25. The maximum atomic E-state index is 5.57. The van der Waals surface area contributed by atoms with Crippen molar-refractivity contribution in [3.63, 3.8) is 0 Å². The number of nitrogens with zero attached hydrogens (tertiary/aromatic N) is 1. The molecule has 1 aliphatic rings. The first-order chi connectivity index (χ1) is 11.7. The molecule has 0 bridgehead atoms. The Balaban J connectivity index is 1.65. The first-order valence-corrected chi connectivity index (χ1v) is 8.70. The van der Waals surface area contributed by atoms with E-state index in [0.29, 0.717) is 5.11 Å². The first-order valence-electron chi connectivity index (χ1n) is 8.29. The maximum Gasteiger partial charge on any atom is 0.171 e. The topological polar surface area (TPSA) is 46.2 Å². The van der Waals surface area contributed by atoms with Gasteiger partial charge in [0, 0.05) is 31.4 Å². The first kappa shape index (κ1) is 16.9. The fourth-order valence-electron chi connectivity index (χ4n) is 3.07. The van der Waals surface area contributed by atoms with Crippen LogP contribution in [0.2, 0.25) is 0 Å². The van der Waals surface area contributed by atoms with Gasteiger partial charge in [0.1, 0.15) is 5.82 Å². The summed E-state index contributed by atoms with van der Waals surface area (Å²) in [6, 6.07) is 14.6. The second-order valence-electron chi connectivity index (χ2n) is 6.29. The van der Waals surface area contributed by atoms with E-state index in [1.54, 1.807) is 0 Å². The van der Waals surface area contributed by atoms with Gasteiger partial charge in [-0.15, -0.1) is 0 Å². The number of aromatic nitrogens is 1. The Kier molecular flexibility index (Phi) is 5.43. The number of anilines is 1. The molecule has 2 N–H and O–H groups in total. The van der Waals surface area contributed by atoms with Gasteiger partial charge in [-0.3, -0.25) is 0 Å². The second-order valence-corrected chi connectivity index (χ2v) is 6.70. The van der Waals surface area contributed by atoms with Crippen molar-refractivity contribution in [1.82, 2.24) is 10.3 Å². The van der Waals surface area contributed by atoms with E-state index in [1.165, 1.54) is 5.56 Å². The number of hydrogen-bond donors (Lipinski definition) is 2. The van der Waals surface area contributed by atoms with Gasteiger partial charge in [-0.1, -0.05) is 36.4 Å². The van der Waals surface area contributed by atoms with Crippen LogP contribution in [0.1, 0.15) is 24.0 Å². The summed E-state index contributed by atoms with van der Waals surface area (Å²) < 4.78 is 5.57. The zero-order chi connectivity index (χ0) is 16.8. The summed E-state index contributed by atoms with van der Waals surface area (Å²) in [7, 11) is 0. The van der Waals surface area contributed by atoms with Gasteiger partial charge in [-0.05, 0) is 49.2 Å². The van der Waals surface area contributed by atoms with Crippen molar-refractivity contribution in [2.24, 2.45) is 0 Å². The second kappa shape index (κ2) is 7.73. The third-order valence-corrected chi connectivity index (χ3v) is 4.82. The molecule has 0 amide bonds. The van der Waals surface area contributed by atoms with Gasteiger partial charge in [0.15, 0.2) is 5.11 Å². The Morgan fingerprint density at radius 3 is 2.58 bits per heavy atom. The summed E-state index contributed by atoms with van der Waals surface area (Å²) in [5.41, 5.74) is 2.54. The zero-order valence-electron chi connectivity index (χ0n) is 13.9. The highest BCUT2D eigenvalue weighted by atomic mass is 32.1. The molecule has 0 aliphatic carbocycles. The number of nitrogens with one attached hydrogen (secondary N) is 2. The van der Waals surface area contributed by atoms with E-state index in [0.717, 1.165) is 44.0 Å². The molecular weight excluding hydrogens is 318 g/mol. The van der Waals surface area contributed by atoms with Crippen LogP contribution in [0.5, 0.6) is 0 Å². The lowest BCUT2D eigenvalue weighted by atomic mass is 9.74. The largest absolute Gasteiger partial charge is 0.381 e. The predicted octanol–water partition coefficient (Wildman–Crippen LogP) is 3.42. The number of rotatable bonds is 4. The van der Waals surface area contributed by atoms with E-state index in [1.807, 2.05) is 25.3 Å². The third kappa shape index (κ3) is 4.10. The maximum absolute atomic E-state index is 5.57. The van der Waals surface area contributed by atoms with E-state index in [4.69, 9.17) is 17.0 Å². The van der Waals surface area contributed by atoms with Crippen molar-refractivity contribution < 1.29 is 4.74 Å². The van der Waals surface area contributed by atoms with Gasteiger partial charge < -0.3 is 15.4 Å². The number of aryl methyl sites for hydroxylation is 1. The average molecular weight is 341 g/mol. The molecule has 1 fully saturated rings. The monoisotopic (exact) mass is 341 g/mol. The molecular formula is C19H23N3OS. The lowest BCUT2D eigenvalue weighted by molar-refractivity contribution is 0.0515. The molecule has 4 nitrogen and oxygen atoms in total. The molecule has 0 spiro atoms. The lowest BCUT2D eigenvalue weighted by Crippen LogP contribution is -2.45. The minimum absolute atomic E-state index is 0.0615. The smallest absolute Gasteiger partial charge is 0.171 e. The van der Waals surface area contributed by atoms with Crippen molar-refractivity contribution in [2.75, 3.05) is 25.1 Å². The van der Waals surface area contributed by atoms with Crippen LogP contribution in [0.15, 0.2) is 48.7 Å². The van der Waals surface area contributed by atoms with E-state index in [9.17, 15) is 0 Å². The summed E-state index contributed by atoms with van der Waals surface area (Å²) >= 11 is 5.44. The molecule has 1 aromatic heterocycles. The zero-order valence-corrected chi connectivity index (χ0v) is 14.7. The van der Waals surface area contributed by atoms with Crippen molar-refractivity contribution in [1.29, 1.82) is 0 Å². The average Bonchev–Trinajstić information content (AvgIpc) is 2.63. The summed E-state index contributed by atoms with van der Waals surface area (Å²) in [5.74, 6) is 0.763. The Bertz CT molecular complexity index is 667. The van der Waals surface area contributed by atoms with E-state index >= 15 is 0 Å². The molecule has 3 rings (SSSR count). The van der Waals surface area contributed by atoms with Crippen LogP contribution in [0.25, 0.3) is 0 Å². The Morgan fingerprint density at radius 2 is 1.92 bits per heavy atom. The Hall–Kier alpha value is -1.98. The highest BCUT2D eigenvalue weighted by Crippen LogP contribution is 2.34. The van der Waals surface area contributed by atoms with Crippen molar-refractivity contribution >= 4 is 23.1 Å². The van der Waals surface area contributed by atoms with Gasteiger partial charge in [-0.2, -0.15) is 0 Å². The molecule has 2 aromatic rings. The van der Waals surface area contributed by atoms with Crippen molar-refractivity contribution in [3.8, 4) is 0 Å². The van der Waals surface area contributed by atoms with Gasteiger partial charge >= 0.3 is 0 Å². The van der Waals surface area contributed by atoms with Crippen LogP contribution in [0, 0.1) is 6.92 Å². The number of benzene rings is 1. The number of hydrogen-bond acceptors (Lipinski definition) is 3. The lowest BCUT2D eigenvalue weighted by Gasteiger charge is -2.38. The standard InChI is InChI=1S/C19H23N3OS/c1-15-7-8-17(20-13-15)22-18(24)21-14-19(9-11-23-12-10-19)16-5-3-2-4-6-16/h2-8,13H,9-12,14H2,1H3,(H2,20,21,22,24). The number of pyridine rings is 1. The highest BCUT2D eigenvalue weighted by molar-refractivity contribution is 7.80. The quantitative estimate of drug-likeness (QED) is 0.835. The summed E-state index contributed by atoms with van der Waals surface area (Å²) in [6.07, 6.45) is 3.82. The predicted molar refractivity (Wildman–Crippen MR) is 101 cm³/mol.